The van der Waals surface area contributed by atoms with E-state index in [0.29, 0.717) is 6.42 Å². The maximum absolute atomic E-state index is 12.0. The van der Waals surface area contributed by atoms with Crippen LogP contribution in [0.5, 0.6) is 0 Å². The molecule has 6 nitrogen and oxygen atoms in total. The van der Waals surface area contributed by atoms with E-state index in [9.17, 15) is 14.7 Å². The van der Waals surface area contributed by atoms with E-state index < -0.39 is 17.7 Å². The van der Waals surface area contributed by atoms with Crippen molar-refractivity contribution in [1.29, 1.82) is 0 Å². The molecule has 0 aliphatic heterocycles. The predicted octanol–water partition coefficient (Wildman–Crippen LogP) is 4.51. The highest BCUT2D eigenvalue weighted by atomic mass is 16.6. The molecule has 1 rings (SSSR count). The SMILES string of the molecule is CC.C\C=C/C(=C\C=C(/C)CC(CO)NC(=O)OC(C)(C)C)n1ccccc1=O. The Morgan fingerprint density at radius 1 is 1.28 bits per heavy atom. The predicted molar refractivity (Wildman–Crippen MR) is 120 cm³/mol. The molecule has 0 spiro atoms. The lowest BCUT2D eigenvalue weighted by molar-refractivity contribution is 0.0483. The third-order valence-corrected chi connectivity index (χ3v) is 3.49. The van der Waals surface area contributed by atoms with Crippen LogP contribution in [0.25, 0.3) is 5.70 Å². The first-order chi connectivity index (χ1) is 13.7. The lowest BCUT2D eigenvalue weighted by Gasteiger charge is -2.22. The Hall–Kier alpha value is -2.60. The van der Waals surface area contributed by atoms with Gasteiger partial charge in [0, 0.05) is 18.0 Å². The number of allylic oxidation sites excluding steroid dienone is 5. The topological polar surface area (TPSA) is 80.6 Å². The number of hydrogen-bond acceptors (Lipinski definition) is 4. The number of aliphatic hydroxyl groups excluding tert-OH is 1. The van der Waals surface area contributed by atoms with Crippen LogP contribution >= 0.6 is 0 Å². The second kappa shape index (κ2) is 13.6. The van der Waals surface area contributed by atoms with Crippen molar-refractivity contribution >= 4 is 11.8 Å². The number of alkyl carbamates (subject to hydrolysis) is 1. The third kappa shape index (κ3) is 11.1. The average Bonchev–Trinajstić information content (AvgIpc) is 2.65. The maximum Gasteiger partial charge on any atom is 0.407 e. The molecule has 0 aromatic carbocycles. The van der Waals surface area contributed by atoms with E-state index in [1.807, 2.05) is 52.0 Å². The molecule has 0 bridgehead atoms. The van der Waals surface area contributed by atoms with Crippen LogP contribution in [0.1, 0.15) is 54.9 Å². The van der Waals surface area contributed by atoms with Crippen LogP contribution in [0.2, 0.25) is 0 Å². The largest absolute Gasteiger partial charge is 0.444 e. The Morgan fingerprint density at radius 2 is 1.93 bits per heavy atom. The fourth-order valence-electron chi connectivity index (χ4n) is 2.35. The average molecular weight is 405 g/mol. The standard InChI is InChI=1S/C21H30N2O4.C2H6/c1-6-9-18(23-13-8-7-10-19(23)25)12-11-16(2)14-17(15-24)22-20(26)27-21(3,4)5;1-2/h6-13,17,24H,14-15H2,1-5H3,(H,22,26);1-2H3/b9-6-,16-11+,18-12+;. The summed E-state index contributed by atoms with van der Waals surface area (Å²) in [6, 6.07) is 4.54. The van der Waals surface area contributed by atoms with Gasteiger partial charge >= 0.3 is 6.09 Å². The molecule has 0 saturated heterocycles. The second-order valence-corrected chi connectivity index (χ2v) is 7.24. The summed E-state index contributed by atoms with van der Waals surface area (Å²) >= 11 is 0. The van der Waals surface area contributed by atoms with E-state index in [2.05, 4.69) is 5.32 Å². The molecule has 1 aromatic heterocycles. The van der Waals surface area contributed by atoms with Crippen LogP contribution in [-0.2, 0) is 4.74 Å². The smallest absolute Gasteiger partial charge is 0.407 e. The molecule has 1 atom stereocenters. The number of aliphatic hydroxyl groups is 1. The number of nitrogens with one attached hydrogen (secondary N) is 1. The number of aromatic nitrogens is 1. The first-order valence-corrected chi connectivity index (χ1v) is 9.95. The van der Waals surface area contributed by atoms with Gasteiger partial charge in [-0.2, -0.15) is 0 Å². The Morgan fingerprint density at radius 3 is 2.45 bits per heavy atom. The summed E-state index contributed by atoms with van der Waals surface area (Å²) < 4.78 is 6.76. The highest BCUT2D eigenvalue weighted by Crippen LogP contribution is 2.11. The molecule has 0 saturated carbocycles. The first-order valence-electron chi connectivity index (χ1n) is 9.95. The summed E-state index contributed by atoms with van der Waals surface area (Å²) in [5.41, 5.74) is 0.953. The Bertz CT molecular complexity index is 768. The highest BCUT2D eigenvalue weighted by molar-refractivity contribution is 5.68. The van der Waals surface area contributed by atoms with Crippen molar-refractivity contribution in [2.75, 3.05) is 6.61 Å². The number of carbonyl (C=O) groups excluding carboxylic acids is 1. The molecule has 162 valence electrons. The van der Waals surface area contributed by atoms with Gasteiger partial charge in [-0.25, -0.2) is 4.79 Å². The molecule has 1 aromatic rings. The zero-order valence-electron chi connectivity index (χ0n) is 18.7. The summed E-state index contributed by atoms with van der Waals surface area (Å²) in [5, 5.41) is 12.2. The molecule has 1 amide bonds. The Kier molecular flexibility index (Phi) is 12.3. The third-order valence-electron chi connectivity index (χ3n) is 3.49. The van der Waals surface area contributed by atoms with E-state index in [0.717, 1.165) is 11.3 Å². The maximum atomic E-state index is 12.0. The number of ether oxygens (including phenoxy) is 1. The van der Waals surface area contributed by atoms with Gasteiger partial charge in [-0.15, -0.1) is 0 Å². The van der Waals surface area contributed by atoms with Crippen molar-refractivity contribution in [3.63, 3.8) is 0 Å². The summed E-state index contributed by atoms with van der Waals surface area (Å²) in [7, 11) is 0. The minimum atomic E-state index is -0.595. The van der Waals surface area contributed by atoms with E-state index >= 15 is 0 Å². The van der Waals surface area contributed by atoms with Crippen molar-refractivity contribution in [2.45, 2.75) is 66.5 Å². The summed E-state index contributed by atoms with van der Waals surface area (Å²) in [6.45, 7) is 12.9. The fourth-order valence-corrected chi connectivity index (χ4v) is 2.35. The molecule has 29 heavy (non-hydrogen) atoms. The molecule has 0 aliphatic rings. The van der Waals surface area contributed by atoms with Crippen molar-refractivity contribution < 1.29 is 14.6 Å². The van der Waals surface area contributed by atoms with Gasteiger partial charge in [-0.05, 0) is 59.3 Å². The minimum absolute atomic E-state index is 0.118. The normalized spacial score (nSPS) is 13.5. The number of carbonyl (C=O) groups is 1. The zero-order valence-corrected chi connectivity index (χ0v) is 18.7. The monoisotopic (exact) mass is 404 g/mol. The molecule has 0 fully saturated rings. The van der Waals surface area contributed by atoms with Crippen molar-refractivity contribution in [2.24, 2.45) is 0 Å². The van der Waals surface area contributed by atoms with E-state index in [1.165, 1.54) is 6.07 Å². The molecule has 2 N–H and O–H groups in total. The van der Waals surface area contributed by atoms with E-state index in [4.69, 9.17) is 4.74 Å². The van der Waals surface area contributed by atoms with Gasteiger partial charge in [0.2, 0.25) is 0 Å². The molecule has 1 heterocycles. The highest BCUT2D eigenvalue weighted by Gasteiger charge is 2.19. The molecule has 0 aliphatic carbocycles. The van der Waals surface area contributed by atoms with Crippen LogP contribution < -0.4 is 10.9 Å². The lowest BCUT2D eigenvalue weighted by Crippen LogP contribution is -2.41. The number of pyridine rings is 1. The van der Waals surface area contributed by atoms with Gasteiger partial charge in [-0.1, -0.05) is 37.6 Å². The molecule has 1 unspecified atom stereocenters. The summed E-state index contributed by atoms with van der Waals surface area (Å²) in [5.74, 6) is 0. The minimum Gasteiger partial charge on any atom is -0.444 e. The van der Waals surface area contributed by atoms with Crippen LogP contribution in [-0.4, -0.2) is 34.0 Å². The lowest BCUT2D eigenvalue weighted by atomic mass is 10.1. The fraction of sp³-hybridized carbons (Fsp3) is 0.478. The first kappa shape index (κ1) is 26.4. The van der Waals surface area contributed by atoms with Crippen molar-refractivity contribution in [3.05, 3.63) is 64.6 Å². The van der Waals surface area contributed by atoms with Crippen molar-refractivity contribution in [1.82, 2.24) is 9.88 Å². The van der Waals surface area contributed by atoms with Crippen molar-refractivity contribution in [3.8, 4) is 0 Å². The van der Waals surface area contributed by atoms with Gasteiger partial charge < -0.3 is 15.2 Å². The van der Waals surface area contributed by atoms with Gasteiger partial charge in [0.15, 0.2) is 0 Å². The van der Waals surface area contributed by atoms with Crippen LogP contribution in [0.3, 0.4) is 0 Å². The molecular formula is C23H36N2O4. The number of nitrogens with zero attached hydrogens (tertiary/aromatic N) is 1. The Labute approximate surface area is 174 Å². The number of amides is 1. The summed E-state index contributed by atoms with van der Waals surface area (Å²) in [4.78, 5) is 23.9. The quantitative estimate of drug-likeness (QED) is 0.655. The Balaban J connectivity index is 0.00000379. The second-order valence-electron chi connectivity index (χ2n) is 7.24. The zero-order chi connectivity index (χ0) is 22.4. The molecular weight excluding hydrogens is 368 g/mol. The number of hydrogen-bond donors (Lipinski definition) is 2. The summed E-state index contributed by atoms with van der Waals surface area (Å²) in [6.07, 6.45) is 9.00. The van der Waals surface area contributed by atoms with Gasteiger partial charge in [0.1, 0.15) is 5.60 Å². The number of rotatable bonds is 7. The van der Waals surface area contributed by atoms with Crippen LogP contribution in [0.4, 0.5) is 4.79 Å². The van der Waals surface area contributed by atoms with Crippen LogP contribution in [0, 0.1) is 0 Å². The molecule has 6 heteroatoms. The van der Waals surface area contributed by atoms with Crippen LogP contribution in [0.15, 0.2) is 59.1 Å². The van der Waals surface area contributed by atoms with Gasteiger partial charge in [-0.3, -0.25) is 9.36 Å². The van der Waals surface area contributed by atoms with Gasteiger partial charge in [0.25, 0.3) is 5.56 Å². The molecule has 0 radical (unpaired) electrons. The van der Waals surface area contributed by atoms with Gasteiger partial charge in [0.05, 0.1) is 12.6 Å². The van der Waals surface area contributed by atoms with E-state index in [1.54, 1.807) is 43.7 Å². The van der Waals surface area contributed by atoms with E-state index in [-0.39, 0.29) is 12.2 Å².